The van der Waals surface area contributed by atoms with Gasteiger partial charge in [0.25, 0.3) is 0 Å². The molecule has 0 aromatic carbocycles. The zero-order chi connectivity index (χ0) is 48.2. The van der Waals surface area contributed by atoms with Crippen LogP contribution in [0.5, 0.6) is 0 Å². The quantitative estimate of drug-likeness (QED) is 0.0188. The molecule has 0 radical (unpaired) electrons. The number of aliphatic hydroxyl groups is 7. The summed E-state index contributed by atoms with van der Waals surface area (Å²) >= 11 is 0. The van der Waals surface area contributed by atoms with Gasteiger partial charge in [-0.05, 0) is 51.4 Å². The average Bonchev–Trinajstić information content (AvgIpc) is 3.31. The van der Waals surface area contributed by atoms with Crippen molar-refractivity contribution < 1.29 is 73.8 Å². The smallest absolute Gasteiger partial charge is 0.306 e. The summed E-state index contributed by atoms with van der Waals surface area (Å²) in [7, 11) is 0. The highest BCUT2D eigenvalue weighted by molar-refractivity contribution is 5.70. The van der Waals surface area contributed by atoms with Gasteiger partial charge in [-0.1, -0.05) is 153 Å². The molecular weight excluding hydrogens is 853 g/mol. The number of aliphatic hydroxyl groups excluding tert-OH is 7. The third-order valence-corrected chi connectivity index (χ3v) is 12.1. The molecule has 0 aromatic rings. The third kappa shape index (κ3) is 26.5. The summed E-state index contributed by atoms with van der Waals surface area (Å²) in [6, 6.07) is 0. The lowest BCUT2D eigenvalue weighted by atomic mass is 9.98. The van der Waals surface area contributed by atoms with Crippen molar-refractivity contribution in [3.8, 4) is 0 Å². The molecule has 15 heteroatoms. The Kier molecular flexibility index (Phi) is 35.0. The highest BCUT2D eigenvalue weighted by atomic mass is 16.7. The van der Waals surface area contributed by atoms with Crippen molar-refractivity contribution in [2.75, 3.05) is 26.4 Å². The first-order valence-electron chi connectivity index (χ1n) is 25.6. The van der Waals surface area contributed by atoms with Crippen molar-refractivity contribution in [1.82, 2.24) is 0 Å². The standard InChI is InChI=1S/C51H90O15/c1-3-5-7-9-11-13-15-17-18-19-20-22-23-25-27-29-31-33-42(53)61-36-39(64-43(54)34-32-30-28-26-24-21-16-14-12-10-8-6-4-2)37-62-50-49(60)47(58)45(56)41(66-50)38-63-51-48(59)46(57)44(55)40(35-52)65-51/h11,13,17-18,20,22,39-41,44-52,55-60H,3-10,12,14-16,19,21,23-38H2,1-2H3/b13-11+,18-17+,22-20+/t39-,40+,41+,44-,45-,46?,47?,48?,49?,50+,51+/m0/s1. The van der Waals surface area contributed by atoms with E-state index in [0.717, 1.165) is 64.2 Å². The lowest BCUT2D eigenvalue weighted by Crippen LogP contribution is -2.61. The van der Waals surface area contributed by atoms with Crippen molar-refractivity contribution >= 4 is 11.9 Å². The zero-order valence-corrected chi connectivity index (χ0v) is 40.4. The van der Waals surface area contributed by atoms with Crippen LogP contribution < -0.4 is 0 Å². The van der Waals surface area contributed by atoms with Crippen LogP contribution in [0.25, 0.3) is 0 Å². The third-order valence-electron chi connectivity index (χ3n) is 12.1. The molecule has 2 fully saturated rings. The van der Waals surface area contributed by atoms with E-state index >= 15 is 0 Å². The van der Waals surface area contributed by atoms with Crippen LogP contribution in [0.15, 0.2) is 36.5 Å². The van der Waals surface area contributed by atoms with Gasteiger partial charge in [0.1, 0.15) is 55.4 Å². The van der Waals surface area contributed by atoms with E-state index in [1.807, 2.05) is 0 Å². The molecule has 4 unspecified atom stereocenters. The van der Waals surface area contributed by atoms with Crippen molar-refractivity contribution in [3.63, 3.8) is 0 Å². The molecule has 0 spiro atoms. The van der Waals surface area contributed by atoms with Crippen LogP contribution in [0.2, 0.25) is 0 Å². The fraction of sp³-hybridized carbons (Fsp3) is 0.843. The second kappa shape index (κ2) is 38.6. The Bertz CT molecular complexity index is 1290. The first-order valence-corrected chi connectivity index (χ1v) is 25.6. The van der Waals surface area contributed by atoms with Gasteiger partial charge in [-0.25, -0.2) is 0 Å². The maximum absolute atomic E-state index is 13.0. The van der Waals surface area contributed by atoms with E-state index in [9.17, 15) is 45.3 Å². The maximum Gasteiger partial charge on any atom is 0.306 e. The van der Waals surface area contributed by atoms with Gasteiger partial charge >= 0.3 is 11.9 Å². The molecule has 2 aliphatic heterocycles. The summed E-state index contributed by atoms with van der Waals surface area (Å²) in [6.07, 6.45) is 23.1. The summed E-state index contributed by atoms with van der Waals surface area (Å²) < 4.78 is 33.5. The lowest BCUT2D eigenvalue weighted by Gasteiger charge is -2.42. The van der Waals surface area contributed by atoms with Crippen LogP contribution in [0.3, 0.4) is 0 Å². The van der Waals surface area contributed by atoms with Crippen molar-refractivity contribution in [1.29, 1.82) is 0 Å². The number of carbonyl (C=O) groups excluding carboxylic acids is 2. The molecule has 66 heavy (non-hydrogen) atoms. The highest BCUT2D eigenvalue weighted by Gasteiger charge is 2.47. The van der Waals surface area contributed by atoms with E-state index in [1.54, 1.807) is 0 Å². The Morgan fingerprint density at radius 3 is 1.45 bits per heavy atom. The molecule has 7 N–H and O–H groups in total. The number of hydrogen-bond donors (Lipinski definition) is 7. The van der Waals surface area contributed by atoms with E-state index in [1.165, 1.54) is 77.0 Å². The topological polar surface area (TPSA) is 231 Å². The SMILES string of the molecule is CCCCC/C=C/C/C=C/C/C=C/CCCCCCC(=O)OC[C@@H](CO[C@@H]1O[C@H](CO[C@@H]2O[C@H](CO)[C@H](O)C(O)C2O)[C@H](O)C(O)C1O)OC(=O)CCCCCCCCCCCCCCC. The Morgan fingerprint density at radius 2 is 0.909 bits per heavy atom. The molecule has 2 aliphatic rings. The molecule has 2 heterocycles. The van der Waals surface area contributed by atoms with Crippen molar-refractivity contribution in [3.05, 3.63) is 36.5 Å². The largest absolute Gasteiger partial charge is 0.462 e. The van der Waals surface area contributed by atoms with Gasteiger partial charge in [0.05, 0.1) is 19.8 Å². The zero-order valence-electron chi connectivity index (χ0n) is 40.4. The normalized spacial score (nSPS) is 26.4. The molecule has 0 aliphatic carbocycles. The van der Waals surface area contributed by atoms with E-state index < -0.39 is 92.7 Å². The van der Waals surface area contributed by atoms with Crippen LogP contribution in [0.1, 0.15) is 181 Å². The number of hydrogen-bond acceptors (Lipinski definition) is 15. The van der Waals surface area contributed by atoms with Crippen LogP contribution in [-0.2, 0) is 38.0 Å². The molecule has 2 saturated heterocycles. The summed E-state index contributed by atoms with van der Waals surface area (Å²) in [5.74, 6) is -0.947. The number of carbonyl (C=O) groups is 2. The highest BCUT2D eigenvalue weighted by Crippen LogP contribution is 2.26. The van der Waals surface area contributed by atoms with Crippen molar-refractivity contribution in [2.45, 2.75) is 248 Å². The van der Waals surface area contributed by atoms with Gasteiger partial charge in [-0.2, -0.15) is 0 Å². The molecular formula is C51H90O15. The molecule has 2 rings (SSSR count). The summed E-state index contributed by atoms with van der Waals surface area (Å²) in [5.41, 5.74) is 0. The number of rotatable bonds is 39. The minimum absolute atomic E-state index is 0.162. The lowest BCUT2D eigenvalue weighted by molar-refractivity contribution is -0.332. The molecule has 11 atom stereocenters. The predicted molar refractivity (Wildman–Crippen MR) is 252 cm³/mol. The second-order valence-corrected chi connectivity index (χ2v) is 18.0. The molecule has 0 aromatic heterocycles. The number of allylic oxidation sites excluding steroid dienone is 6. The Labute approximate surface area is 395 Å². The van der Waals surface area contributed by atoms with E-state index in [-0.39, 0.29) is 26.1 Å². The molecule has 15 nitrogen and oxygen atoms in total. The van der Waals surface area contributed by atoms with Gasteiger partial charge in [0, 0.05) is 12.8 Å². The van der Waals surface area contributed by atoms with Crippen molar-refractivity contribution in [2.24, 2.45) is 0 Å². The molecule has 384 valence electrons. The predicted octanol–water partition coefficient (Wildman–Crippen LogP) is 6.93. The second-order valence-electron chi connectivity index (χ2n) is 18.0. The van der Waals surface area contributed by atoms with Crippen LogP contribution in [-0.4, -0.2) is 142 Å². The van der Waals surface area contributed by atoms with E-state index in [0.29, 0.717) is 12.8 Å². The van der Waals surface area contributed by atoms with Gasteiger partial charge in [-0.15, -0.1) is 0 Å². The Balaban J connectivity index is 1.82. The van der Waals surface area contributed by atoms with Gasteiger partial charge in [0.15, 0.2) is 18.7 Å². The van der Waals surface area contributed by atoms with Gasteiger partial charge in [-0.3, -0.25) is 9.59 Å². The van der Waals surface area contributed by atoms with Gasteiger partial charge in [0.2, 0.25) is 0 Å². The minimum Gasteiger partial charge on any atom is -0.462 e. The summed E-state index contributed by atoms with van der Waals surface area (Å²) in [5, 5.41) is 72.0. The molecule has 0 bridgehead atoms. The minimum atomic E-state index is -1.77. The Hall–Kier alpha value is -2.28. The van der Waals surface area contributed by atoms with Crippen LogP contribution in [0.4, 0.5) is 0 Å². The van der Waals surface area contributed by atoms with E-state index in [4.69, 9.17) is 28.4 Å². The van der Waals surface area contributed by atoms with E-state index in [2.05, 4.69) is 50.3 Å². The summed E-state index contributed by atoms with van der Waals surface area (Å²) in [6.45, 7) is 2.54. The Morgan fingerprint density at radius 1 is 0.485 bits per heavy atom. The first-order chi connectivity index (χ1) is 32.0. The maximum atomic E-state index is 13.0. The molecule has 0 amide bonds. The number of ether oxygens (including phenoxy) is 6. The monoisotopic (exact) mass is 943 g/mol. The molecule has 0 saturated carbocycles. The fourth-order valence-electron chi connectivity index (χ4n) is 7.87. The number of esters is 2. The number of unbranched alkanes of at least 4 members (excludes halogenated alkanes) is 19. The van der Waals surface area contributed by atoms with Crippen LogP contribution >= 0.6 is 0 Å². The van der Waals surface area contributed by atoms with Crippen LogP contribution in [0, 0.1) is 0 Å². The fourth-order valence-corrected chi connectivity index (χ4v) is 7.87. The van der Waals surface area contributed by atoms with Gasteiger partial charge < -0.3 is 64.2 Å². The first kappa shape index (κ1) is 59.8. The average molecular weight is 943 g/mol. The summed E-state index contributed by atoms with van der Waals surface area (Å²) in [4.78, 5) is 25.7.